The molecule has 0 N–H and O–H groups in total. The molecule has 0 amide bonds. The Kier molecular flexibility index (Phi) is 3.59. The third kappa shape index (κ3) is 2.30. The van der Waals surface area contributed by atoms with E-state index in [0.717, 1.165) is 0 Å². The van der Waals surface area contributed by atoms with Crippen LogP contribution in [0, 0.1) is 0 Å². The summed E-state index contributed by atoms with van der Waals surface area (Å²) >= 11 is 8.82. The van der Waals surface area contributed by atoms with Crippen molar-refractivity contribution in [2.24, 2.45) is 0 Å². The smallest absolute Gasteiger partial charge is 0.0713 e. The molecule has 1 aromatic heterocycles. The molecular formula is C8H10Br2S. The second-order valence-electron chi connectivity index (χ2n) is 2.57. The summed E-state index contributed by atoms with van der Waals surface area (Å²) in [4.78, 5) is 1.44. The first-order valence-corrected chi connectivity index (χ1v) is 6.00. The normalized spacial score (nSPS) is 13.5. The van der Waals surface area contributed by atoms with Crippen molar-refractivity contribution in [1.29, 1.82) is 0 Å². The molecule has 0 saturated carbocycles. The SMILES string of the molecule is CC[C@@H](C)c1sc(Br)cc1Br. The Morgan fingerprint density at radius 3 is 2.55 bits per heavy atom. The molecule has 0 aliphatic rings. The van der Waals surface area contributed by atoms with E-state index >= 15 is 0 Å². The second-order valence-corrected chi connectivity index (χ2v) is 5.89. The molecule has 0 nitrogen and oxygen atoms in total. The first-order valence-electron chi connectivity index (χ1n) is 3.59. The summed E-state index contributed by atoms with van der Waals surface area (Å²) in [6.45, 7) is 4.47. The van der Waals surface area contributed by atoms with Crippen molar-refractivity contribution in [3.63, 3.8) is 0 Å². The first kappa shape index (κ1) is 9.75. The largest absolute Gasteiger partial charge is 0.132 e. The molecule has 0 aromatic carbocycles. The van der Waals surface area contributed by atoms with Crippen molar-refractivity contribution in [1.82, 2.24) is 0 Å². The maximum Gasteiger partial charge on any atom is 0.0713 e. The Balaban J connectivity index is 2.93. The van der Waals surface area contributed by atoms with Crippen LogP contribution in [0.1, 0.15) is 31.1 Å². The van der Waals surface area contributed by atoms with E-state index in [0.29, 0.717) is 5.92 Å². The Morgan fingerprint density at radius 2 is 2.18 bits per heavy atom. The van der Waals surface area contributed by atoms with Gasteiger partial charge in [0.15, 0.2) is 0 Å². The lowest BCUT2D eigenvalue weighted by molar-refractivity contribution is 0.745. The van der Waals surface area contributed by atoms with Gasteiger partial charge >= 0.3 is 0 Å². The Morgan fingerprint density at radius 1 is 1.55 bits per heavy atom. The number of halogens is 2. The molecule has 0 unspecified atom stereocenters. The summed E-state index contributed by atoms with van der Waals surface area (Å²) in [7, 11) is 0. The fourth-order valence-electron chi connectivity index (χ4n) is 0.875. The minimum Gasteiger partial charge on any atom is -0.132 e. The molecule has 0 radical (unpaired) electrons. The average molecular weight is 298 g/mol. The minimum atomic E-state index is 0.667. The van der Waals surface area contributed by atoms with Gasteiger partial charge in [0.2, 0.25) is 0 Å². The van der Waals surface area contributed by atoms with Gasteiger partial charge in [0.05, 0.1) is 3.79 Å². The van der Waals surface area contributed by atoms with Gasteiger partial charge in [0.1, 0.15) is 0 Å². The monoisotopic (exact) mass is 296 g/mol. The van der Waals surface area contributed by atoms with Crippen LogP contribution in [0.2, 0.25) is 0 Å². The fourth-order valence-corrected chi connectivity index (χ4v) is 3.86. The molecule has 0 saturated heterocycles. The van der Waals surface area contributed by atoms with Crippen LogP contribution in [-0.4, -0.2) is 0 Å². The van der Waals surface area contributed by atoms with Crippen molar-refractivity contribution < 1.29 is 0 Å². The summed E-state index contributed by atoms with van der Waals surface area (Å²) in [5.74, 6) is 0.667. The number of hydrogen-bond donors (Lipinski definition) is 0. The molecule has 62 valence electrons. The van der Waals surface area contributed by atoms with Crippen molar-refractivity contribution in [2.75, 3.05) is 0 Å². The summed E-state index contributed by atoms with van der Waals surface area (Å²) in [5.41, 5.74) is 0. The third-order valence-electron chi connectivity index (χ3n) is 1.74. The minimum absolute atomic E-state index is 0.667. The van der Waals surface area contributed by atoms with Gasteiger partial charge in [0.25, 0.3) is 0 Å². The van der Waals surface area contributed by atoms with Crippen LogP contribution < -0.4 is 0 Å². The number of hydrogen-bond acceptors (Lipinski definition) is 1. The van der Waals surface area contributed by atoms with E-state index in [1.54, 1.807) is 0 Å². The van der Waals surface area contributed by atoms with Crippen molar-refractivity contribution in [3.8, 4) is 0 Å². The van der Waals surface area contributed by atoms with Gasteiger partial charge in [-0.05, 0) is 50.3 Å². The van der Waals surface area contributed by atoms with Crippen LogP contribution in [0.3, 0.4) is 0 Å². The highest BCUT2D eigenvalue weighted by Crippen LogP contribution is 2.37. The van der Waals surface area contributed by atoms with E-state index in [9.17, 15) is 0 Å². The van der Waals surface area contributed by atoms with Gasteiger partial charge in [-0.2, -0.15) is 0 Å². The second kappa shape index (κ2) is 4.06. The predicted molar refractivity (Wildman–Crippen MR) is 58.4 cm³/mol. The lowest BCUT2D eigenvalue weighted by atomic mass is 10.1. The van der Waals surface area contributed by atoms with E-state index in [-0.39, 0.29) is 0 Å². The van der Waals surface area contributed by atoms with Crippen LogP contribution in [0.25, 0.3) is 0 Å². The van der Waals surface area contributed by atoms with Crippen molar-refractivity contribution in [2.45, 2.75) is 26.2 Å². The molecule has 0 spiro atoms. The van der Waals surface area contributed by atoms with E-state index in [2.05, 4.69) is 51.8 Å². The van der Waals surface area contributed by atoms with E-state index in [1.807, 2.05) is 11.3 Å². The summed E-state index contributed by atoms with van der Waals surface area (Å²) in [6.07, 6.45) is 1.20. The zero-order valence-electron chi connectivity index (χ0n) is 6.53. The highest BCUT2D eigenvalue weighted by molar-refractivity contribution is 9.11. The third-order valence-corrected chi connectivity index (χ3v) is 4.53. The molecule has 1 atom stereocenters. The van der Waals surface area contributed by atoms with Gasteiger partial charge in [-0.25, -0.2) is 0 Å². The molecule has 11 heavy (non-hydrogen) atoms. The highest BCUT2D eigenvalue weighted by atomic mass is 79.9. The fraction of sp³-hybridized carbons (Fsp3) is 0.500. The Bertz CT molecular complexity index is 242. The van der Waals surface area contributed by atoms with Crippen molar-refractivity contribution >= 4 is 43.2 Å². The summed E-state index contributed by atoms with van der Waals surface area (Å²) in [5, 5.41) is 0. The lowest BCUT2D eigenvalue weighted by Gasteiger charge is -2.04. The van der Waals surface area contributed by atoms with Crippen LogP contribution >= 0.6 is 43.2 Å². The van der Waals surface area contributed by atoms with E-state index < -0.39 is 0 Å². The van der Waals surface area contributed by atoms with Crippen LogP contribution in [0.5, 0.6) is 0 Å². The van der Waals surface area contributed by atoms with Crippen LogP contribution in [-0.2, 0) is 0 Å². The maximum atomic E-state index is 3.54. The maximum absolute atomic E-state index is 3.54. The van der Waals surface area contributed by atoms with Crippen molar-refractivity contribution in [3.05, 3.63) is 19.2 Å². The quantitative estimate of drug-likeness (QED) is 0.736. The standard InChI is InChI=1S/C8H10Br2S/c1-3-5(2)8-6(9)4-7(10)11-8/h4-5H,3H2,1-2H3/t5-/m1/s1. The average Bonchev–Trinajstić information content (AvgIpc) is 2.28. The summed E-state index contributed by atoms with van der Waals surface area (Å²) in [6, 6.07) is 2.12. The van der Waals surface area contributed by atoms with Gasteiger partial charge in [-0.3, -0.25) is 0 Å². The van der Waals surface area contributed by atoms with E-state index in [1.165, 1.54) is 19.6 Å². The zero-order chi connectivity index (χ0) is 8.43. The molecule has 1 rings (SSSR count). The summed E-state index contributed by atoms with van der Waals surface area (Å²) < 4.78 is 2.45. The van der Waals surface area contributed by atoms with Gasteiger partial charge in [0, 0.05) is 9.35 Å². The molecule has 3 heteroatoms. The molecule has 0 fully saturated rings. The van der Waals surface area contributed by atoms with Crippen LogP contribution in [0.4, 0.5) is 0 Å². The zero-order valence-corrected chi connectivity index (χ0v) is 10.5. The lowest BCUT2D eigenvalue weighted by Crippen LogP contribution is -1.86. The van der Waals surface area contributed by atoms with Gasteiger partial charge < -0.3 is 0 Å². The predicted octanol–water partition coefficient (Wildman–Crippen LogP) is 4.79. The molecular weight excluding hydrogens is 288 g/mol. The van der Waals surface area contributed by atoms with E-state index in [4.69, 9.17) is 0 Å². The molecule has 0 aliphatic heterocycles. The van der Waals surface area contributed by atoms with Crippen LogP contribution in [0.15, 0.2) is 14.3 Å². The molecule has 0 bridgehead atoms. The highest BCUT2D eigenvalue weighted by Gasteiger charge is 2.10. The molecule has 0 aliphatic carbocycles. The number of rotatable bonds is 2. The topological polar surface area (TPSA) is 0 Å². The first-order chi connectivity index (χ1) is 5.15. The number of thiophene rings is 1. The van der Waals surface area contributed by atoms with Gasteiger partial charge in [-0.1, -0.05) is 13.8 Å². The Labute approximate surface area is 88.3 Å². The van der Waals surface area contributed by atoms with Gasteiger partial charge in [-0.15, -0.1) is 11.3 Å². The molecule has 1 heterocycles. The Hall–Kier alpha value is 0.660. The molecule has 1 aromatic rings.